The standard InChI is InChI=1S/C5H10O4/c1-5(8-9-6)3-2-4-7-5/h6H,2-4H2,1H3. The van der Waals surface area contributed by atoms with Crippen molar-refractivity contribution in [3.8, 4) is 0 Å². The minimum atomic E-state index is -0.727. The number of hydrogen-bond donors (Lipinski definition) is 1. The summed E-state index contributed by atoms with van der Waals surface area (Å²) in [4.78, 5) is 4.42. The molecule has 0 aromatic rings. The first-order chi connectivity index (χ1) is 4.27. The van der Waals surface area contributed by atoms with Gasteiger partial charge in [-0.3, -0.25) is 0 Å². The van der Waals surface area contributed by atoms with Crippen LogP contribution in [-0.2, 0) is 14.7 Å². The van der Waals surface area contributed by atoms with Gasteiger partial charge in [0.25, 0.3) is 0 Å². The molecule has 1 fully saturated rings. The van der Waals surface area contributed by atoms with Crippen molar-refractivity contribution in [3.05, 3.63) is 0 Å². The molecule has 1 N–H and O–H groups in total. The lowest BCUT2D eigenvalue weighted by molar-refractivity contribution is -0.550. The maximum Gasteiger partial charge on any atom is 0.201 e. The van der Waals surface area contributed by atoms with Gasteiger partial charge in [0.05, 0.1) is 6.61 Å². The fourth-order valence-corrected chi connectivity index (χ4v) is 0.898. The van der Waals surface area contributed by atoms with Crippen LogP contribution in [0.5, 0.6) is 0 Å². The van der Waals surface area contributed by atoms with E-state index in [1.807, 2.05) is 0 Å². The highest BCUT2D eigenvalue weighted by molar-refractivity contribution is 4.67. The Bertz CT molecular complexity index is 87.0. The van der Waals surface area contributed by atoms with E-state index in [1.165, 1.54) is 0 Å². The fourth-order valence-electron chi connectivity index (χ4n) is 0.898. The van der Waals surface area contributed by atoms with Crippen molar-refractivity contribution in [2.24, 2.45) is 0 Å². The van der Waals surface area contributed by atoms with E-state index in [2.05, 4.69) is 9.93 Å². The first-order valence-corrected chi connectivity index (χ1v) is 2.90. The van der Waals surface area contributed by atoms with Crippen molar-refractivity contribution >= 4 is 0 Å². The first kappa shape index (κ1) is 6.95. The maximum absolute atomic E-state index is 7.89. The summed E-state index contributed by atoms with van der Waals surface area (Å²) in [7, 11) is 0. The zero-order chi connectivity index (χ0) is 6.74. The minimum Gasteiger partial charge on any atom is -0.347 e. The van der Waals surface area contributed by atoms with Crippen molar-refractivity contribution in [1.82, 2.24) is 0 Å². The molecule has 0 radical (unpaired) electrons. The second kappa shape index (κ2) is 2.62. The van der Waals surface area contributed by atoms with Gasteiger partial charge in [-0.2, -0.15) is 4.89 Å². The predicted molar refractivity (Wildman–Crippen MR) is 28.4 cm³/mol. The van der Waals surface area contributed by atoms with E-state index in [9.17, 15) is 0 Å². The molecular formula is C5H10O4. The second-order valence-corrected chi connectivity index (χ2v) is 2.24. The Morgan fingerprint density at radius 2 is 2.44 bits per heavy atom. The lowest BCUT2D eigenvalue weighted by atomic mass is 10.2. The van der Waals surface area contributed by atoms with Gasteiger partial charge >= 0.3 is 0 Å². The summed E-state index contributed by atoms with van der Waals surface area (Å²) in [5, 5.41) is 11.4. The van der Waals surface area contributed by atoms with Crippen molar-refractivity contribution in [2.75, 3.05) is 6.61 Å². The van der Waals surface area contributed by atoms with E-state index >= 15 is 0 Å². The quantitative estimate of drug-likeness (QED) is 0.451. The lowest BCUT2D eigenvalue weighted by Crippen LogP contribution is -2.26. The third-order valence-corrected chi connectivity index (χ3v) is 1.40. The van der Waals surface area contributed by atoms with E-state index < -0.39 is 5.79 Å². The Morgan fingerprint density at radius 1 is 1.67 bits per heavy atom. The van der Waals surface area contributed by atoms with Gasteiger partial charge < -0.3 is 4.74 Å². The van der Waals surface area contributed by atoms with E-state index in [1.54, 1.807) is 6.92 Å². The van der Waals surface area contributed by atoms with Crippen LogP contribution in [0.4, 0.5) is 0 Å². The molecule has 4 nitrogen and oxygen atoms in total. The molecule has 54 valence electrons. The van der Waals surface area contributed by atoms with Crippen LogP contribution in [0.2, 0.25) is 0 Å². The molecule has 0 aromatic carbocycles. The Hall–Kier alpha value is -0.160. The largest absolute Gasteiger partial charge is 0.347 e. The van der Waals surface area contributed by atoms with Crippen LogP contribution >= 0.6 is 0 Å². The van der Waals surface area contributed by atoms with Crippen molar-refractivity contribution in [3.63, 3.8) is 0 Å². The van der Waals surface area contributed by atoms with Crippen LogP contribution < -0.4 is 0 Å². The predicted octanol–water partition coefficient (Wildman–Crippen LogP) is 0.934. The van der Waals surface area contributed by atoms with E-state index in [4.69, 9.17) is 9.99 Å². The summed E-state index contributed by atoms with van der Waals surface area (Å²) < 4.78 is 5.07. The van der Waals surface area contributed by atoms with E-state index in [0.717, 1.165) is 12.8 Å². The Labute approximate surface area is 53.2 Å². The van der Waals surface area contributed by atoms with Gasteiger partial charge in [-0.05, 0) is 13.3 Å². The molecule has 0 aliphatic carbocycles. The summed E-state index contributed by atoms with van der Waals surface area (Å²) in [6.45, 7) is 2.38. The number of ether oxygens (including phenoxy) is 1. The molecule has 9 heavy (non-hydrogen) atoms. The zero-order valence-electron chi connectivity index (χ0n) is 5.29. The van der Waals surface area contributed by atoms with E-state index in [0.29, 0.717) is 6.61 Å². The van der Waals surface area contributed by atoms with Crippen LogP contribution in [0.3, 0.4) is 0 Å². The van der Waals surface area contributed by atoms with Crippen LogP contribution in [0, 0.1) is 0 Å². The summed E-state index contributed by atoms with van der Waals surface area (Å²) >= 11 is 0. The summed E-state index contributed by atoms with van der Waals surface area (Å²) in [6.07, 6.45) is 1.70. The average molecular weight is 134 g/mol. The molecule has 1 heterocycles. The van der Waals surface area contributed by atoms with Crippen molar-refractivity contribution in [1.29, 1.82) is 0 Å². The molecule has 0 aromatic heterocycles. The molecule has 1 saturated heterocycles. The van der Waals surface area contributed by atoms with Gasteiger partial charge in [0.2, 0.25) is 5.79 Å². The average Bonchev–Trinajstić information content (AvgIpc) is 2.16. The fraction of sp³-hybridized carbons (Fsp3) is 1.00. The normalized spacial score (nSPS) is 35.3. The molecule has 1 aliphatic rings. The molecule has 1 aliphatic heterocycles. The number of hydrogen-bond acceptors (Lipinski definition) is 4. The molecule has 0 spiro atoms. The van der Waals surface area contributed by atoms with Gasteiger partial charge in [-0.15, -0.1) is 0 Å². The van der Waals surface area contributed by atoms with Gasteiger partial charge in [0.15, 0.2) is 0 Å². The number of rotatable bonds is 2. The molecule has 0 amide bonds. The third kappa shape index (κ3) is 1.62. The highest BCUT2D eigenvalue weighted by atomic mass is 17.5. The zero-order valence-corrected chi connectivity index (χ0v) is 5.29. The Kier molecular flexibility index (Phi) is 2.02. The van der Waals surface area contributed by atoms with Crippen LogP contribution in [-0.4, -0.2) is 17.7 Å². The van der Waals surface area contributed by atoms with Crippen LogP contribution in [0.25, 0.3) is 0 Å². The molecule has 4 heteroatoms. The molecule has 0 bridgehead atoms. The molecule has 0 saturated carbocycles. The van der Waals surface area contributed by atoms with Crippen LogP contribution in [0.15, 0.2) is 0 Å². The highest BCUT2D eigenvalue weighted by Gasteiger charge is 2.32. The smallest absolute Gasteiger partial charge is 0.201 e. The van der Waals surface area contributed by atoms with E-state index in [-0.39, 0.29) is 0 Å². The van der Waals surface area contributed by atoms with Gasteiger partial charge in [-0.25, -0.2) is 5.26 Å². The topological polar surface area (TPSA) is 47.9 Å². The van der Waals surface area contributed by atoms with Crippen LogP contribution in [0.1, 0.15) is 19.8 Å². The molecule has 1 rings (SSSR count). The highest BCUT2D eigenvalue weighted by Crippen LogP contribution is 2.25. The summed E-state index contributed by atoms with van der Waals surface area (Å²) in [5.74, 6) is -0.727. The Morgan fingerprint density at radius 3 is 2.89 bits per heavy atom. The van der Waals surface area contributed by atoms with Gasteiger partial charge in [0, 0.05) is 6.42 Å². The second-order valence-electron chi connectivity index (χ2n) is 2.24. The monoisotopic (exact) mass is 134 g/mol. The summed E-state index contributed by atoms with van der Waals surface area (Å²) in [6, 6.07) is 0. The minimum absolute atomic E-state index is 0.667. The molecular weight excluding hydrogens is 124 g/mol. The SMILES string of the molecule is CC1(OOO)CCCO1. The first-order valence-electron chi connectivity index (χ1n) is 2.90. The molecule has 1 atom stereocenters. The lowest BCUT2D eigenvalue weighted by Gasteiger charge is -2.18. The summed E-state index contributed by atoms with van der Waals surface area (Å²) in [5.41, 5.74) is 0. The van der Waals surface area contributed by atoms with Crippen molar-refractivity contribution in [2.45, 2.75) is 25.6 Å². The third-order valence-electron chi connectivity index (χ3n) is 1.40. The van der Waals surface area contributed by atoms with Gasteiger partial charge in [0.1, 0.15) is 0 Å². The Balaban J connectivity index is 2.32. The maximum atomic E-state index is 7.89. The van der Waals surface area contributed by atoms with Crippen molar-refractivity contribution < 1.29 is 19.9 Å². The van der Waals surface area contributed by atoms with Gasteiger partial charge in [-0.1, -0.05) is 5.04 Å². The molecule has 1 unspecified atom stereocenters.